The number of carbonyl (C=O) groups is 1. The van der Waals surface area contributed by atoms with Gasteiger partial charge in [-0.1, -0.05) is 29.4 Å². The van der Waals surface area contributed by atoms with Gasteiger partial charge in [-0.25, -0.2) is 4.79 Å². The number of rotatable bonds is 4. The lowest BCUT2D eigenvalue weighted by Crippen LogP contribution is -2.08. The van der Waals surface area contributed by atoms with Crippen LogP contribution in [-0.4, -0.2) is 17.9 Å². The molecule has 2 nitrogen and oxygen atoms in total. The van der Waals surface area contributed by atoms with Gasteiger partial charge in [0.25, 0.3) is 0 Å². The highest BCUT2D eigenvalue weighted by Crippen LogP contribution is 1.99. The number of alkyl halides is 1. The van der Waals surface area contributed by atoms with E-state index in [2.05, 4.69) is 22.5 Å². The Morgan fingerprint density at radius 3 is 2.70 bits per heavy atom. The molecule has 0 unspecified atom stereocenters. The molecule has 0 saturated carbocycles. The van der Waals surface area contributed by atoms with E-state index >= 15 is 0 Å². The summed E-state index contributed by atoms with van der Waals surface area (Å²) in [5.74, 6) is -0.307. The maximum absolute atomic E-state index is 10.8. The van der Waals surface area contributed by atoms with Crippen molar-refractivity contribution < 1.29 is 9.53 Å². The van der Waals surface area contributed by atoms with Crippen molar-refractivity contribution in [2.24, 2.45) is 0 Å². The summed E-state index contributed by atoms with van der Waals surface area (Å²) in [7, 11) is 0. The van der Waals surface area contributed by atoms with Gasteiger partial charge in [0.05, 0.1) is 6.61 Å². The molecule has 0 bridgehead atoms. The second-order valence-corrected chi connectivity index (χ2v) is 2.43. The highest BCUT2D eigenvalue weighted by Gasteiger charge is 2.04. The zero-order valence-corrected chi connectivity index (χ0v) is 7.61. The van der Waals surface area contributed by atoms with Gasteiger partial charge in [0.15, 0.2) is 0 Å². The van der Waals surface area contributed by atoms with E-state index < -0.39 is 0 Å². The monoisotopic (exact) mass is 206 g/mol. The van der Waals surface area contributed by atoms with E-state index in [4.69, 9.17) is 4.74 Å². The van der Waals surface area contributed by atoms with Crippen LogP contribution in [-0.2, 0) is 9.53 Å². The molecule has 0 aliphatic heterocycles. The molecular weight excluding hydrogens is 196 g/mol. The van der Waals surface area contributed by atoms with Crippen LogP contribution in [0.4, 0.5) is 0 Å². The fourth-order valence-electron chi connectivity index (χ4n) is 0.351. The summed E-state index contributed by atoms with van der Waals surface area (Å²) >= 11 is 3.11. The van der Waals surface area contributed by atoms with Crippen molar-refractivity contribution in [2.75, 3.05) is 11.9 Å². The normalized spacial score (nSPS) is 9.00. The molecule has 0 radical (unpaired) electrons. The van der Waals surface area contributed by atoms with Crippen LogP contribution in [0.1, 0.15) is 13.3 Å². The molecule has 0 atom stereocenters. The summed E-state index contributed by atoms with van der Waals surface area (Å²) in [5, 5.41) is 0.482. The predicted molar refractivity (Wildman–Crippen MR) is 44.2 cm³/mol. The van der Waals surface area contributed by atoms with Crippen molar-refractivity contribution in [2.45, 2.75) is 13.3 Å². The third-order valence-electron chi connectivity index (χ3n) is 0.887. The molecule has 0 spiro atoms. The van der Waals surface area contributed by atoms with Crippen molar-refractivity contribution in [1.29, 1.82) is 0 Å². The van der Waals surface area contributed by atoms with E-state index in [0.29, 0.717) is 17.5 Å². The van der Waals surface area contributed by atoms with Gasteiger partial charge in [-0.3, -0.25) is 0 Å². The van der Waals surface area contributed by atoms with E-state index in [-0.39, 0.29) is 5.97 Å². The standard InChI is InChI=1S/C7H11BrO2/c1-3-4-10-7(9)6(2)5-8/h2-5H2,1H3. The van der Waals surface area contributed by atoms with Crippen molar-refractivity contribution >= 4 is 21.9 Å². The van der Waals surface area contributed by atoms with Gasteiger partial charge in [-0.15, -0.1) is 0 Å². The molecule has 0 saturated heterocycles. The molecule has 3 heteroatoms. The van der Waals surface area contributed by atoms with E-state index in [1.165, 1.54) is 0 Å². The summed E-state index contributed by atoms with van der Waals surface area (Å²) in [4.78, 5) is 10.8. The summed E-state index contributed by atoms with van der Waals surface area (Å²) in [6.45, 7) is 5.93. The number of esters is 1. The first-order valence-electron chi connectivity index (χ1n) is 3.13. The fourth-order valence-corrected chi connectivity index (χ4v) is 0.580. The quantitative estimate of drug-likeness (QED) is 0.399. The number of halogens is 1. The highest BCUT2D eigenvalue weighted by molar-refractivity contribution is 9.09. The van der Waals surface area contributed by atoms with Crippen molar-refractivity contribution in [3.05, 3.63) is 12.2 Å². The molecular formula is C7H11BrO2. The van der Waals surface area contributed by atoms with Crippen molar-refractivity contribution in [3.8, 4) is 0 Å². The number of carbonyl (C=O) groups excluding carboxylic acids is 1. The van der Waals surface area contributed by atoms with Gasteiger partial charge in [0.1, 0.15) is 0 Å². The van der Waals surface area contributed by atoms with Crippen molar-refractivity contribution in [3.63, 3.8) is 0 Å². The first-order valence-corrected chi connectivity index (χ1v) is 4.25. The molecule has 10 heavy (non-hydrogen) atoms. The van der Waals surface area contributed by atoms with Crippen LogP contribution in [0.3, 0.4) is 0 Å². The molecule has 0 aromatic carbocycles. The first kappa shape index (κ1) is 9.69. The summed E-state index contributed by atoms with van der Waals surface area (Å²) in [6, 6.07) is 0. The summed E-state index contributed by atoms with van der Waals surface area (Å²) in [5.41, 5.74) is 0.466. The molecule has 0 heterocycles. The molecule has 0 aromatic heterocycles. The van der Waals surface area contributed by atoms with E-state index in [0.717, 1.165) is 6.42 Å². The Kier molecular flexibility index (Phi) is 5.30. The lowest BCUT2D eigenvalue weighted by molar-refractivity contribution is -0.138. The number of hydrogen-bond donors (Lipinski definition) is 0. The molecule has 0 aliphatic carbocycles. The van der Waals surface area contributed by atoms with Crippen LogP contribution >= 0.6 is 15.9 Å². The van der Waals surface area contributed by atoms with Gasteiger partial charge < -0.3 is 4.74 Å². The molecule has 0 N–H and O–H groups in total. The van der Waals surface area contributed by atoms with Crippen LogP contribution in [0.15, 0.2) is 12.2 Å². The maximum Gasteiger partial charge on any atom is 0.334 e. The number of hydrogen-bond acceptors (Lipinski definition) is 2. The van der Waals surface area contributed by atoms with Crippen LogP contribution in [0.2, 0.25) is 0 Å². The van der Waals surface area contributed by atoms with Gasteiger partial charge >= 0.3 is 5.97 Å². The van der Waals surface area contributed by atoms with Crippen molar-refractivity contribution in [1.82, 2.24) is 0 Å². The predicted octanol–water partition coefficient (Wildman–Crippen LogP) is 1.89. The largest absolute Gasteiger partial charge is 0.462 e. The Morgan fingerprint density at radius 2 is 2.30 bits per heavy atom. The van der Waals surface area contributed by atoms with Gasteiger partial charge in [-0.2, -0.15) is 0 Å². The Bertz CT molecular complexity index is 132. The van der Waals surface area contributed by atoms with Crippen LogP contribution in [0, 0.1) is 0 Å². The number of ether oxygens (including phenoxy) is 1. The zero-order chi connectivity index (χ0) is 7.98. The first-order chi connectivity index (χ1) is 4.72. The second kappa shape index (κ2) is 5.47. The minimum Gasteiger partial charge on any atom is -0.462 e. The van der Waals surface area contributed by atoms with Crippen LogP contribution in [0.25, 0.3) is 0 Å². The van der Waals surface area contributed by atoms with Crippen LogP contribution < -0.4 is 0 Å². The molecule has 0 aliphatic rings. The minimum atomic E-state index is -0.307. The lowest BCUT2D eigenvalue weighted by atomic mass is 10.4. The average Bonchev–Trinajstić information content (AvgIpc) is 1.98. The second-order valence-electron chi connectivity index (χ2n) is 1.87. The Balaban J connectivity index is 3.52. The van der Waals surface area contributed by atoms with Gasteiger partial charge in [0.2, 0.25) is 0 Å². The SMILES string of the molecule is C=C(CBr)C(=O)OCCC. The van der Waals surface area contributed by atoms with Crippen LogP contribution in [0.5, 0.6) is 0 Å². The third kappa shape index (κ3) is 3.67. The summed E-state index contributed by atoms with van der Waals surface area (Å²) in [6.07, 6.45) is 0.849. The highest BCUT2D eigenvalue weighted by atomic mass is 79.9. The smallest absolute Gasteiger partial charge is 0.334 e. The molecule has 0 rings (SSSR count). The Labute approximate surface area is 69.4 Å². The molecule has 0 amide bonds. The zero-order valence-electron chi connectivity index (χ0n) is 6.02. The van der Waals surface area contributed by atoms with Gasteiger partial charge in [0, 0.05) is 10.9 Å². The lowest BCUT2D eigenvalue weighted by Gasteiger charge is -2.01. The van der Waals surface area contributed by atoms with E-state index in [9.17, 15) is 4.79 Å². The molecule has 58 valence electrons. The topological polar surface area (TPSA) is 26.3 Å². The fraction of sp³-hybridized carbons (Fsp3) is 0.571. The maximum atomic E-state index is 10.8. The summed E-state index contributed by atoms with van der Waals surface area (Å²) < 4.78 is 4.78. The van der Waals surface area contributed by atoms with Gasteiger partial charge in [-0.05, 0) is 6.42 Å². The average molecular weight is 207 g/mol. The van der Waals surface area contributed by atoms with E-state index in [1.807, 2.05) is 6.92 Å². The third-order valence-corrected chi connectivity index (χ3v) is 1.56. The Morgan fingerprint density at radius 1 is 1.70 bits per heavy atom. The van der Waals surface area contributed by atoms with E-state index in [1.54, 1.807) is 0 Å². The molecule has 0 aromatic rings. The molecule has 0 fully saturated rings. The minimum absolute atomic E-state index is 0.307. The Hall–Kier alpha value is -0.310.